The van der Waals surface area contributed by atoms with E-state index in [1.807, 2.05) is 78.9 Å². The zero-order valence-electron chi connectivity index (χ0n) is 21.2. The molecule has 0 unspecified atom stereocenters. The first kappa shape index (κ1) is 25.4. The quantitative estimate of drug-likeness (QED) is 0.228. The number of anilines is 1. The molecule has 0 radical (unpaired) electrons. The maximum absolute atomic E-state index is 13.9. The number of hydrogen-bond donors (Lipinski definition) is 2. The summed E-state index contributed by atoms with van der Waals surface area (Å²) in [5.74, 6) is -0.0456. The van der Waals surface area contributed by atoms with E-state index in [0.717, 1.165) is 23.0 Å². The summed E-state index contributed by atoms with van der Waals surface area (Å²) in [6, 6.07) is 49.4. The van der Waals surface area contributed by atoms with Crippen molar-refractivity contribution in [3.8, 4) is 0 Å². The molecule has 1 amide bonds. The van der Waals surface area contributed by atoms with Gasteiger partial charge < -0.3 is 10.6 Å². The fourth-order valence-electron chi connectivity index (χ4n) is 4.58. The highest BCUT2D eigenvalue weighted by Crippen LogP contribution is 2.34. The second-order valence-corrected chi connectivity index (χ2v) is 11.3. The van der Waals surface area contributed by atoms with E-state index in [2.05, 4.69) is 77.4 Å². The third-order valence-electron chi connectivity index (χ3n) is 6.40. The molecule has 0 bridgehead atoms. The lowest BCUT2D eigenvalue weighted by Gasteiger charge is -2.24. The third-order valence-corrected chi connectivity index (χ3v) is 8.91. The first-order valence-electron chi connectivity index (χ1n) is 12.9. The smallest absolute Gasteiger partial charge is 0.252 e. The van der Waals surface area contributed by atoms with Crippen molar-refractivity contribution >= 4 is 35.4 Å². The highest BCUT2D eigenvalue weighted by Gasteiger charge is 2.23. The van der Waals surface area contributed by atoms with Crippen LogP contribution in [0.15, 0.2) is 146 Å². The molecular formula is C34H31N2OP. The van der Waals surface area contributed by atoms with Gasteiger partial charge in [0.2, 0.25) is 0 Å². The van der Waals surface area contributed by atoms with Gasteiger partial charge in [0.1, 0.15) is 0 Å². The zero-order chi connectivity index (χ0) is 26.0. The first-order valence-corrected chi connectivity index (χ1v) is 14.2. The molecule has 2 N–H and O–H groups in total. The van der Waals surface area contributed by atoms with E-state index in [9.17, 15) is 4.79 Å². The molecule has 0 heterocycles. The molecular weight excluding hydrogens is 483 g/mol. The van der Waals surface area contributed by atoms with Gasteiger partial charge in [0.15, 0.2) is 0 Å². The lowest BCUT2D eigenvalue weighted by molar-refractivity contribution is 0.0940. The van der Waals surface area contributed by atoms with E-state index in [1.54, 1.807) is 0 Å². The van der Waals surface area contributed by atoms with Crippen LogP contribution >= 0.6 is 7.92 Å². The van der Waals surface area contributed by atoms with Gasteiger partial charge in [-0.25, -0.2) is 0 Å². The summed E-state index contributed by atoms with van der Waals surface area (Å²) in [5.41, 5.74) is 2.96. The molecule has 0 fully saturated rings. The standard InChI is InChI=1S/C34H31N2OP/c37-34(36-29(25-27-15-5-1-6-16-27)26-35-28-17-7-2-8-18-28)32-23-13-14-24-33(32)38(30-19-9-3-10-20-30)31-21-11-4-12-22-31/h1-24,29,35H,25-26H2,(H,36,37)/t29-/m0/s1. The van der Waals surface area contributed by atoms with Crippen LogP contribution < -0.4 is 26.5 Å². The predicted octanol–water partition coefficient (Wildman–Crippen LogP) is 5.90. The molecule has 0 spiro atoms. The van der Waals surface area contributed by atoms with Crippen molar-refractivity contribution in [1.29, 1.82) is 0 Å². The Morgan fingerprint density at radius 3 is 1.71 bits per heavy atom. The minimum absolute atomic E-state index is 0.0456. The van der Waals surface area contributed by atoms with Gasteiger partial charge in [0.25, 0.3) is 5.91 Å². The second kappa shape index (κ2) is 12.9. The molecule has 0 aliphatic carbocycles. The van der Waals surface area contributed by atoms with Crippen LogP contribution in [0.4, 0.5) is 5.69 Å². The normalized spacial score (nSPS) is 11.6. The van der Waals surface area contributed by atoms with E-state index >= 15 is 0 Å². The summed E-state index contributed by atoms with van der Waals surface area (Å²) in [4.78, 5) is 13.9. The van der Waals surface area contributed by atoms with Gasteiger partial charge >= 0.3 is 0 Å². The van der Waals surface area contributed by atoms with Crippen LogP contribution in [0.3, 0.4) is 0 Å². The average Bonchev–Trinajstić information content (AvgIpc) is 2.98. The first-order chi connectivity index (χ1) is 18.8. The summed E-state index contributed by atoms with van der Waals surface area (Å²) in [6.45, 7) is 0.624. The molecule has 3 nitrogen and oxygen atoms in total. The maximum atomic E-state index is 13.9. The molecule has 188 valence electrons. The van der Waals surface area contributed by atoms with Gasteiger partial charge in [-0.1, -0.05) is 127 Å². The van der Waals surface area contributed by atoms with Crippen molar-refractivity contribution in [2.24, 2.45) is 0 Å². The molecule has 0 aromatic heterocycles. The largest absolute Gasteiger partial charge is 0.383 e. The van der Waals surface area contributed by atoms with Crippen LogP contribution in [0.5, 0.6) is 0 Å². The summed E-state index contributed by atoms with van der Waals surface area (Å²) in [5, 5.41) is 10.4. The molecule has 5 aromatic carbocycles. The average molecular weight is 515 g/mol. The Hall–Kier alpha value is -4.20. The van der Waals surface area contributed by atoms with Gasteiger partial charge in [-0.3, -0.25) is 4.79 Å². The van der Waals surface area contributed by atoms with E-state index in [4.69, 9.17) is 0 Å². The monoisotopic (exact) mass is 514 g/mol. The summed E-state index contributed by atoms with van der Waals surface area (Å²) in [6.07, 6.45) is 0.737. The fraction of sp³-hybridized carbons (Fsp3) is 0.0882. The number of hydrogen-bond acceptors (Lipinski definition) is 2. The molecule has 1 atom stereocenters. The van der Waals surface area contributed by atoms with E-state index < -0.39 is 7.92 Å². The van der Waals surface area contributed by atoms with Crippen LogP contribution in [-0.4, -0.2) is 18.5 Å². The molecule has 4 heteroatoms. The van der Waals surface area contributed by atoms with Crippen molar-refractivity contribution in [2.45, 2.75) is 12.5 Å². The number of amides is 1. The Labute approximate surface area is 226 Å². The van der Waals surface area contributed by atoms with Crippen LogP contribution in [0, 0.1) is 0 Å². The Balaban J connectivity index is 1.44. The van der Waals surface area contributed by atoms with Crippen LogP contribution in [0.1, 0.15) is 15.9 Å². The second-order valence-electron chi connectivity index (χ2n) is 9.13. The van der Waals surface area contributed by atoms with E-state index in [1.165, 1.54) is 16.2 Å². The van der Waals surface area contributed by atoms with Crippen molar-refractivity contribution in [3.05, 3.63) is 157 Å². The fourth-order valence-corrected chi connectivity index (χ4v) is 7.02. The molecule has 38 heavy (non-hydrogen) atoms. The van der Waals surface area contributed by atoms with Crippen molar-refractivity contribution in [1.82, 2.24) is 5.32 Å². The van der Waals surface area contributed by atoms with Gasteiger partial charge in [-0.2, -0.15) is 0 Å². The number of carbonyl (C=O) groups is 1. The molecule has 5 aromatic rings. The Kier molecular flexibility index (Phi) is 8.61. The third kappa shape index (κ3) is 6.56. The minimum atomic E-state index is -0.893. The van der Waals surface area contributed by atoms with Crippen molar-refractivity contribution < 1.29 is 4.79 Å². The van der Waals surface area contributed by atoms with Crippen molar-refractivity contribution in [2.75, 3.05) is 11.9 Å². The van der Waals surface area contributed by atoms with Gasteiger partial charge in [-0.15, -0.1) is 0 Å². The SMILES string of the molecule is O=C(N[C@H](CNc1ccccc1)Cc1ccccc1)c1ccccc1P(c1ccccc1)c1ccccc1. The number of carbonyl (C=O) groups excluding carboxylic acids is 1. The molecule has 5 rings (SSSR count). The number of nitrogens with one attached hydrogen (secondary N) is 2. The minimum Gasteiger partial charge on any atom is -0.383 e. The van der Waals surface area contributed by atoms with E-state index in [-0.39, 0.29) is 11.9 Å². The molecule has 0 saturated heterocycles. The summed E-state index contributed by atoms with van der Waals surface area (Å²) < 4.78 is 0. The summed E-state index contributed by atoms with van der Waals surface area (Å²) in [7, 11) is -0.893. The van der Waals surface area contributed by atoms with Gasteiger partial charge in [0.05, 0.1) is 6.04 Å². The molecule has 0 aliphatic rings. The number of benzene rings is 5. The highest BCUT2D eigenvalue weighted by atomic mass is 31.1. The molecule has 0 aliphatic heterocycles. The van der Waals surface area contributed by atoms with Crippen LogP contribution in [0.25, 0.3) is 0 Å². The lowest BCUT2D eigenvalue weighted by atomic mass is 10.0. The Morgan fingerprint density at radius 1 is 0.605 bits per heavy atom. The van der Waals surface area contributed by atoms with Crippen LogP contribution in [-0.2, 0) is 6.42 Å². The Morgan fingerprint density at radius 2 is 1.11 bits per heavy atom. The molecule has 0 saturated carbocycles. The predicted molar refractivity (Wildman–Crippen MR) is 161 cm³/mol. The zero-order valence-corrected chi connectivity index (χ0v) is 22.1. The van der Waals surface area contributed by atoms with Gasteiger partial charge in [0, 0.05) is 17.8 Å². The Bertz CT molecular complexity index is 1390. The lowest BCUT2D eigenvalue weighted by Crippen LogP contribution is -2.43. The van der Waals surface area contributed by atoms with E-state index in [0.29, 0.717) is 6.54 Å². The van der Waals surface area contributed by atoms with Crippen LogP contribution in [0.2, 0.25) is 0 Å². The number of para-hydroxylation sites is 1. The van der Waals surface area contributed by atoms with Crippen molar-refractivity contribution in [3.63, 3.8) is 0 Å². The van der Waals surface area contributed by atoms with Gasteiger partial charge in [-0.05, 0) is 54.0 Å². The maximum Gasteiger partial charge on any atom is 0.252 e. The highest BCUT2D eigenvalue weighted by molar-refractivity contribution is 7.80. The number of rotatable bonds is 10. The summed E-state index contributed by atoms with van der Waals surface area (Å²) >= 11 is 0. The topological polar surface area (TPSA) is 41.1 Å².